The van der Waals surface area contributed by atoms with Crippen molar-refractivity contribution in [1.29, 1.82) is 0 Å². The molecule has 0 aliphatic carbocycles. The molecule has 2 aromatic rings. The Labute approximate surface area is 180 Å². The van der Waals surface area contributed by atoms with Crippen LogP contribution in [-0.2, 0) is 15.1 Å². The number of halogens is 1. The van der Waals surface area contributed by atoms with E-state index in [4.69, 9.17) is 30.5 Å². The number of hydrogen-bond acceptors (Lipinski definition) is 5. The molecule has 7 heteroatoms. The normalized spacial score (nSPS) is 20.6. The van der Waals surface area contributed by atoms with Gasteiger partial charge in [0.05, 0.1) is 32.6 Å². The van der Waals surface area contributed by atoms with Crippen molar-refractivity contribution in [1.82, 2.24) is 0 Å². The van der Waals surface area contributed by atoms with Gasteiger partial charge in [0.25, 0.3) is 5.91 Å². The van der Waals surface area contributed by atoms with Crippen LogP contribution in [-0.4, -0.2) is 33.8 Å². The first kappa shape index (κ1) is 20.2. The molecule has 0 saturated carbocycles. The van der Waals surface area contributed by atoms with Crippen LogP contribution in [0.2, 0.25) is 5.02 Å². The number of carbonyl (C=O) groups is 1. The zero-order valence-electron chi connectivity index (χ0n) is 17.2. The van der Waals surface area contributed by atoms with E-state index < -0.39 is 5.60 Å². The van der Waals surface area contributed by atoms with Gasteiger partial charge in [-0.2, -0.15) is 0 Å². The molecule has 30 heavy (non-hydrogen) atoms. The van der Waals surface area contributed by atoms with Gasteiger partial charge in [-0.15, -0.1) is 0 Å². The Kier molecular flexibility index (Phi) is 5.12. The van der Waals surface area contributed by atoms with Crippen molar-refractivity contribution in [2.24, 2.45) is 0 Å². The number of fused-ring (bicyclic) bond motifs is 2. The number of rotatable bonds is 5. The predicted octanol–water partition coefficient (Wildman–Crippen LogP) is 4.56. The van der Waals surface area contributed by atoms with Gasteiger partial charge in [-0.3, -0.25) is 4.79 Å². The summed E-state index contributed by atoms with van der Waals surface area (Å²) in [7, 11) is 4.62. The lowest BCUT2D eigenvalue weighted by Gasteiger charge is -2.24. The van der Waals surface area contributed by atoms with E-state index in [0.29, 0.717) is 45.8 Å². The minimum absolute atomic E-state index is 0.190. The lowest BCUT2D eigenvalue weighted by atomic mass is 9.94. The van der Waals surface area contributed by atoms with Gasteiger partial charge in [-0.1, -0.05) is 23.7 Å². The molecule has 2 aliphatic rings. The van der Waals surface area contributed by atoms with Crippen LogP contribution in [0.4, 0.5) is 5.69 Å². The van der Waals surface area contributed by atoms with Gasteiger partial charge in [-0.25, -0.2) is 0 Å². The SMILES string of the molecule is CCN1C(=O)C2(C=C/C(=C/c3ccc(Cl)cc3)O2)c2c1cc(OC)c(OC)c2OC. The molecule has 2 aliphatic heterocycles. The van der Waals surface area contributed by atoms with E-state index in [9.17, 15) is 4.79 Å². The maximum Gasteiger partial charge on any atom is 0.280 e. The van der Waals surface area contributed by atoms with Crippen molar-refractivity contribution in [3.63, 3.8) is 0 Å². The fourth-order valence-electron chi connectivity index (χ4n) is 3.95. The number of amides is 1. The second-order valence-electron chi connectivity index (χ2n) is 6.86. The van der Waals surface area contributed by atoms with Crippen molar-refractivity contribution in [2.75, 3.05) is 32.8 Å². The van der Waals surface area contributed by atoms with E-state index in [1.54, 1.807) is 42.4 Å². The summed E-state index contributed by atoms with van der Waals surface area (Å²) in [6.07, 6.45) is 5.42. The number of nitrogens with zero attached hydrogens (tertiary/aromatic N) is 1. The number of hydrogen-bond donors (Lipinski definition) is 0. The van der Waals surface area contributed by atoms with Crippen LogP contribution in [0.5, 0.6) is 17.2 Å². The third kappa shape index (κ3) is 2.91. The lowest BCUT2D eigenvalue weighted by Crippen LogP contribution is -2.39. The number of likely N-dealkylation sites (N-methyl/N-ethyl adjacent to an activating group) is 1. The van der Waals surface area contributed by atoms with Crippen LogP contribution < -0.4 is 19.1 Å². The molecule has 6 nitrogen and oxygen atoms in total. The number of ether oxygens (including phenoxy) is 4. The van der Waals surface area contributed by atoms with Crippen molar-refractivity contribution < 1.29 is 23.7 Å². The summed E-state index contributed by atoms with van der Waals surface area (Å²) in [5, 5.41) is 0.653. The Morgan fingerprint density at radius 2 is 1.80 bits per heavy atom. The molecule has 0 saturated heterocycles. The molecule has 0 radical (unpaired) electrons. The van der Waals surface area contributed by atoms with Crippen LogP contribution >= 0.6 is 11.6 Å². The number of carbonyl (C=O) groups excluding carboxylic acids is 1. The molecule has 0 bridgehead atoms. The van der Waals surface area contributed by atoms with Crippen molar-refractivity contribution in [2.45, 2.75) is 12.5 Å². The Hall–Kier alpha value is -3.12. The summed E-state index contributed by atoms with van der Waals surface area (Å²) in [6, 6.07) is 9.16. The molecule has 0 fully saturated rings. The van der Waals surface area contributed by atoms with E-state index in [-0.39, 0.29) is 5.91 Å². The summed E-state index contributed by atoms with van der Waals surface area (Å²) >= 11 is 5.97. The van der Waals surface area contributed by atoms with E-state index >= 15 is 0 Å². The highest BCUT2D eigenvalue weighted by molar-refractivity contribution is 6.30. The van der Waals surface area contributed by atoms with E-state index in [0.717, 1.165) is 5.56 Å². The van der Waals surface area contributed by atoms with Crippen LogP contribution in [0.1, 0.15) is 18.1 Å². The zero-order chi connectivity index (χ0) is 21.5. The number of benzene rings is 2. The molecular formula is C23H22ClNO5. The number of anilines is 1. The monoisotopic (exact) mass is 427 g/mol. The first-order valence-electron chi connectivity index (χ1n) is 9.50. The molecule has 2 heterocycles. The van der Waals surface area contributed by atoms with Gasteiger partial charge in [0, 0.05) is 17.6 Å². The van der Waals surface area contributed by atoms with E-state index in [2.05, 4.69) is 0 Å². The molecule has 1 spiro atoms. The van der Waals surface area contributed by atoms with Crippen LogP contribution in [0, 0.1) is 0 Å². The summed E-state index contributed by atoms with van der Waals surface area (Å²) in [5.74, 6) is 1.68. The summed E-state index contributed by atoms with van der Waals surface area (Å²) < 4.78 is 23.0. The average Bonchev–Trinajstić information content (AvgIpc) is 3.28. The van der Waals surface area contributed by atoms with Crippen molar-refractivity contribution in [3.05, 3.63) is 64.4 Å². The van der Waals surface area contributed by atoms with Crippen LogP contribution in [0.25, 0.3) is 6.08 Å². The van der Waals surface area contributed by atoms with Gasteiger partial charge < -0.3 is 23.8 Å². The van der Waals surface area contributed by atoms with Gasteiger partial charge in [0.1, 0.15) is 5.76 Å². The molecule has 4 rings (SSSR count). The minimum atomic E-state index is -1.32. The maximum absolute atomic E-state index is 13.5. The van der Waals surface area contributed by atoms with Crippen molar-refractivity contribution in [3.8, 4) is 17.2 Å². The van der Waals surface area contributed by atoms with E-state index in [1.165, 1.54) is 14.2 Å². The molecule has 0 aromatic heterocycles. The highest BCUT2D eigenvalue weighted by Crippen LogP contribution is 2.57. The van der Waals surface area contributed by atoms with Crippen LogP contribution in [0.15, 0.2) is 48.2 Å². The third-order valence-electron chi connectivity index (χ3n) is 5.29. The largest absolute Gasteiger partial charge is 0.493 e. The summed E-state index contributed by atoms with van der Waals surface area (Å²) in [4.78, 5) is 15.2. The third-order valence-corrected chi connectivity index (χ3v) is 5.54. The Balaban J connectivity index is 1.86. The second kappa shape index (κ2) is 7.61. The summed E-state index contributed by atoms with van der Waals surface area (Å²) in [5.41, 5.74) is 0.863. The highest BCUT2D eigenvalue weighted by Gasteiger charge is 2.56. The quantitative estimate of drug-likeness (QED) is 0.700. The van der Waals surface area contributed by atoms with Gasteiger partial charge in [0.2, 0.25) is 11.4 Å². The lowest BCUT2D eigenvalue weighted by molar-refractivity contribution is -0.132. The molecule has 156 valence electrons. The Bertz CT molecular complexity index is 1060. The first-order chi connectivity index (χ1) is 14.5. The first-order valence-corrected chi connectivity index (χ1v) is 9.87. The van der Waals surface area contributed by atoms with Gasteiger partial charge in [-0.05, 0) is 42.8 Å². The fourth-order valence-corrected chi connectivity index (χ4v) is 4.08. The molecule has 0 N–H and O–H groups in total. The second-order valence-corrected chi connectivity index (χ2v) is 7.29. The Morgan fingerprint density at radius 1 is 1.10 bits per heavy atom. The molecule has 2 aromatic carbocycles. The number of allylic oxidation sites excluding steroid dienone is 1. The predicted molar refractivity (Wildman–Crippen MR) is 115 cm³/mol. The van der Waals surface area contributed by atoms with Crippen molar-refractivity contribution >= 4 is 29.3 Å². The molecular weight excluding hydrogens is 406 g/mol. The van der Waals surface area contributed by atoms with E-state index in [1.807, 2.05) is 25.1 Å². The average molecular weight is 428 g/mol. The highest BCUT2D eigenvalue weighted by atomic mass is 35.5. The standard InChI is InChI=1S/C23H22ClNO5/c1-5-25-17-13-18(27-2)20(28-3)21(29-4)19(17)23(22(25)26)11-10-16(30-23)12-14-6-8-15(24)9-7-14/h6-13H,5H2,1-4H3/b16-12-. The topological polar surface area (TPSA) is 57.2 Å². The number of methoxy groups -OCH3 is 3. The zero-order valence-corrected chi connectivity index (χ0v) is 17.9. The molecule has 1 atom stereocenters. The van der Waals surface area contributed by atoms with Gasteiger partial charge >= 0.3 is 0 Å². The molecule has 1 amide bonds. The molecule has 1 unspecified atom stereocenters. The van der Waals surface area contributed by atoms with Gasteiger partial charge in [0.15, 0.2) is 11.5 Å². The fraction of sp³-hybridized carbons (Fsp3) is 0.261. The smallest absolute Gasteiger partial charge is 0.280 e. The minimum Gasteiger partial charge on any atom is -0.493 e. The summed E-state index contributed by atoms with van der Waals surface area (Å²) in [6.45, 7) is 2.38. The van der Waals surface area contributed by atoms with Crippen LogP contribution in [0.3, 0.4) is 0 Å². The maximum atomic E-state index is 13.5. The Morgan fingerprint density at radius 3 is 2.40 bits per heavy atom.